The fourth-order valence-corrected chi connectivity index (χ4v) is 5.11. The first kappa shape index (κ1) is 20.9. The van der Waals surface area contributed by atoms with Crippen LogP contribution in [0.15, 0.2) is 53.4 Å². The lowest BCUT2D eigenvalue weighted by atomic mass is 9.99. The fraction of sp³-hybridized carbons (Fsp3) is 0.417. The van der Waals surface area contributed by atoms with Gasteiger partial charge in [0.2, 0.25) is 11.8 Å². The SMILES string of the molecule is CC1CCCN(Cc2ccc(CNC(=O)CN3C(=O)CSc4ccccc43)cc2)C1. The highest BCUT2D eigenvalue weighted by molar-refractivity contribution is 8.00. The molecule has 158 valence electrons. The van der Waals surface area contributed by atoms with Gasteiger partial charge in [0.1, 0.15) is 6.54 Å². The number of likely N-dealkylation sites (tertiary alicyclic amines) is 1. The second-order valence-electron chi connectivity index (χ2n) is 8.31. The van der Waals surface area contributed by atoms with Crippen LogP contribution in [-0.4, -0.2) is 42.1 Å². The van der Waals surface area contributed by atoms with E-state index in [9.17, 15) is 9.59 Å². The molecule has 2 aliphatic heterocycles. The zero-order valence-electron chi connectivity index (χ0n) is 17.5. The molecule has 1 atom stereocenters. The van der Waals surface area contributed by atoms with Crippen molar-refractivity contribution in [3.05, 3.63) is 59.7 Å². The minimum Gasteiger partial charge on any atom is -0.350 e. The van der Waals surface area contributed by atoms with Gasteiger partial charge in [-0.25, -0.2) is 0 Å². The van der Waals surface area contributed by atoms with Gasteiger partial charge in [-0.2, -0.15) is 0 Å². The van der Waals surface area contributed by atoms with Crippen LogP contribution in [0, 0.1) is 5.92 Å². The molecule has 2 aliphatic rings. The largest absolute Gasteiger partial charge is 0.350 e. The molecular weight excluding hydrogens is 394 g/mol. The van der Waals surface area contributed by atoms with Crippen molar-refractivity contribution in [1.29, 1.82) is 0 Å². The molecule has 30 heavy (non-hydrogen) atoms. The van der Waals surface area contributed by atoms with Crippen molar-refractivity contribution in [1.82, 2.24) is 10.2 Å². The van der Waals surface area contributed by atoms with Gasteiger partial charge in [0.05, 0.1) is 11.4 Å². The normalized spacial score (nSPS) is 19.4. The van der Waals surface area contributed by atoms with E-state index in [0.717, 1.165) is 28.6 Å². The summed E-state index contributed by atoms with van der Waals surface area (Å²) >= 11 is 1.53. The number of anilines is 1. The van der Waals surface area contributed by atoms with E-state index in [1.54, 1.807) is 4.90 Å². The maximum Gasteiger partial charge on any atom is 0.240 e. The Morgan fingerprint density at radius 3 is 2.70 bits per heavy atom. The highest BCUT2D eigenvalue weighted by Crippen LogP contribution is 2.34. The smallest absolute Gasteiger partial charge is 0.240 e. The first-order valence-electron chi connectivity index (χ1n) is 10.7. The molecule has 0 spiro atoms. The van der Waals surface area contributed by atoms with Crippen LogP contribution < -0.4 is 10.2 Å². The number of piperidine rings is 1. The molecule has 4 rings (SSSR count). The third-order valence-electron chi connectivity index (χ3n) is 5.77. The Balaban J connectivity index is 1.28. The lowest BCUT2D eigenvalue weighted by molar-refractivity contribution is -0.123. The average Bonchev–Trinajstić information content (AvgIpc) is 2.75. The van der Waals surface area contributed by atoms with Crippen LogP contribution in [0.1, 0.15) is 30.9 Å². The highest BCUT2D eigenvalue weighted by atomic mass is 32.2. The Hall–Kier alpha value is -2.31. The average molecular weight is 424 g/mol. The lowest BCUT2D eigenvalue weighted by Crippen LogP contribution is -2.43. The molecule has 2 amide bonds. The molecule has 0 aromatic heterocycles. The molecule has 1 fully saturated rings. The molecule has 2 aromatic rings. The Kier molecular flexibility index (Phi) is 6.75. The van der Waals surface area contributed by atoms with Crippen LogP contribution >= 0.6 is 11.8 Å². The summed E-state index contributed by atoms with van der Waals surface area (Å²) in [5.41, 5.74) is 3.21. The number of hydrogen-bond donors (Lipinski definition) is 1. The number of para-hydroxylation sites is 1. The van der Waals surface area contributed by atoms with Crippen molar-refractivity contribution in [2.24, 2.45) is 5.92 Å². The standard InChI is InChI=1S/C24H29N3O2S/c1-18-5-4-12-26(14-18)15-20-10-8-19(9-11-20)13-25-23(28)16-27-21-6-2-3-7-22(21)30-17-24(27)29/h2-3,6-11,18H,4-5,12-17H2,1H3,(H,25,28). The van der Waals surface area contributed by atoms with Crippen LogP contribution in [-0.2, 0) is 22.7 Å². The minimum absolute atomic E-state index is 0.0229. The molecule has 0 radical (unpaired) electrons. The van der Waals surface area contributed by atoms with Crippen LogP contribution in [0.5, 0.6) is 0 Å². The maximum absolute atomic E-state index is 12.5. The van der Waals surface area contributed by atoms with Gasteiger partial charge < -0.3 is 10.2 Å². The van der Waals surface area contributed by atoms with E-state index in [1.807, 2.05) is 24.3 Å². The third kappa shape index (κ3) is 5.24. The number of nitrogens with one attached hydrogen (secondary N) is 1. The number of carbonyl (C=O) groups is 2. The molecule has 5 nitrogen and oxygen atoms in total. The van der Waals surface area contributed by atoms with Crippen LogP contribution in [0.25, 0.3) is 0 Å². The van der Waals surface area contributed by atoms with Gasteiger partial charge in [-0.05, 0) is 48.6 Å². The summed E-state index contributed by atoms with van der Waals surface area (Å²) in [6, 6.07) is 16.2. The molecule has 1 N–H and O–H groups in total. The van der Waals surface area contributed by atoms with E-state index < -0.39 is 0 Å². The summed E-state index contributed by atoms with van der Waals surface area (Å²) in [5.74, 6) is 0.994. The molecule has 2 heterocycles. The number of carbonyl (C=O) groups excluding carboxylic acids is 2. The van der Waals surface area contributed by atoms with Gasteiger partial charge >= 0.3 is 0 Å². The van der Waals surface area contributed by atoms with E-state index >= 15 is 0 Å². The predicted molar refractivity (Wildman–Crippen MR) is 121 cm³/mol. The fourth-order valence-electron chi connectivity index (χ4n) is 4.18. The van der Waals surface area contributed by atoms with Crippen LogP contribution in [0.3, 0.4) is 0 Å². The quantitative estimate of drug-likeness (QED) is 0.770. The first-order chi connectivity index (χ1) is 14.6. The van der Waals surface area contributed by atoms with Gasteiger partial charge in [0, 0.05) is 24.5 Å². The predicted octanol–water partition coefficient (Wildman–Crippen LogP) is 3.67. The number of rotatable bonds is 6. The van der Waals surface area contributed by atoms with Crippen LogP contribution in [0.4, 0.5) is 5.69 Å². The second kappa shape index (κ2) is 9.67. The summed E-state index contributed by atoms with van der Waals surface area (Å²) in [4.78, 5) is 29.9. The van der Waals surface area contributed by atoms with Crippen LogP contribution in [0.2, 0.25) is 0 Å². The van der Waals surface area contributed by atoms with Gasteiger partial charge in [-0.1, -0.05) is 43.3 Å². The summed E-state index contributed by atoms with van der Waals surface area (Å²) in [6.45, 7) is 6.20. The van der Waals surface area contributed by atoms with Crippen molar-refractivity contribution >= 4 is 29.3 Å². The topological polar surface area (TPSA) is 52.7 Å². The van der Waals surface area contributed by atoms with E-state index in [2.05, 4.69) is 41.4 Å². The molecule has 0 aliphatic carbocycles. The summed E-state index contributed by atoms with van der Waals surface area (Å²) in [7, 11) is 0. The second-order valence-corrected chi connectivity index (χ2v) is 9.33. The molecule has 0 bridgehead atoms. The summed E-state index contributed by atoms with van der Waals surface area (Å²) in [5, 5.41) is 2.95. The number of nitrogens with zero attached hydrogens (tertiary/aromatic N) is 2. The molecule has 6 heteroatoms. The van der Waals surface area contributed by atoms with E-state index in [1.165, 1.54) is 43.3 Å². The zero-order chi connectivity index (χ0) is 20.9. The molecule has 0 saturated carbocycles. The van der Waals surface area contributed by atoms with E-state index in [-0.39, 0.29) is 18.4 Å². The van der Waals surface area contributed by atoms with Crippen molar-refractivity contribution < 1.29 is 9.59 Å². The molecule has 2 aromatic carbocycles. The lowest BCUT2D eigenvalue weighted by Gasteiger charge is -2.30. The molecule has 1 unspecified atom stereocenters. The summed E-state index contributed by atoms with van der Waals surface area (Å²) < 4.78 is 0. The Morgan fingerprint density at radius 1 is 1.13 bits per heavy atom. The Morgan fingerprint density at radius 2 is 1.90 bits per heavy atom. The molecular formula is C24H29N3O2S. The number of thioether (sulfide) groups is 1. The monoisotopic (exact) mass is 423 g/mol. The Labute approximate surface area is 182 Å². The number of amides is 2. The van der Waals surface area contributed by atoms with Gasteiger partial charge in [-0.3, -0.25) is 14.5 Å². The zero-order valence-corrected chi connectivity index (χ0v) is 18.3. The minimum atomic E-state index is -0.142. The van der Waals surface area contributed by atoms with E-state index in [0.29, 0.717) is 12.3 Å². The highest BCUT2D eigenvalue weighted by Gasteiger charge is 2.26. The van der Waals surface area contributed by atoms with Crippen molar-refractivity contribution in [2.75, 3.05) is 30.3 Å². The Bertz CT molecular complexity index is 900. The van der Waals surface area contributed by atoms with Gasteiger partial charge in [0.25, 0.3) is 0 Å². The van der Waals surface area contributed by atoms with Gasteiger partial charge in [-0.15, -0.1) is 11.8 Å². The van der Waals surface area contributed by atoms with E-state index in [4.69, 9.17) is 0 Å². The number of hydrogen-bond acceptors (Lipinski definition) is 4. The summed E-state index contributed by atoms with van der Waals surface area (Å²) in [6.07, 6.45) is 2.62. The van der Waals surface area contributed by atoms with Crippen molar-refractivity contribution in [3.63, 3.8) is 0 Å². The third-order valence-corrected chi connectivity index (χ3v) is 6.82. The van der Waals surface area contributed by atoms with Crippen molar-refractivity contribution in [2.45, 2.75) is 37.8 Å². The van der Waals surface area contributed by atoms with Crippen molar-refractivity contribution in [3.8, 4) is 0 Å². The first-order valence-corrected chi connectivity index (χ1v) is 11.7. The number of benzene rings is 2. The maximum atomic E-state index is 12.5. The molecule has 1 saturated heterocycles. The number of fused-ring (bicyclic) bond motifs is 1. The van der Waals surface area contributed by atoms with Gasteiger partial charge in [0.15, 0.2) is 0 Å².